The second kappa shape index (κ2) is 4.56. The maximum Gasteiger partial charge on any atom is 0.0969 e. The van der Waals surface area contributed by atoms with Gasteiger partial charge in [-0.05, 0) is 43.9 Å². The summed E-state index contributed by atoms with van der Waals surface area (Å²) in [5.74, 6) is 0.603. The predicted octanol–water partition coefficient (Wildman–Crippen LogP) is 3.93. The SMILES string of the molecule is NC1CCC(c2nc3ccc(Cl)cc3s2)CC1. The lowest BCUT2D eigenvalue weighted by Gasteiger charge is -2.24. The summed E-state index contributed by atoms with van der Waals surface area (Å²) in [4.78, 5) is 4.72. The van der Waals surface area contributed by atoms with Gasteiger partial charge in [-0.3, -0.25) is 0 Å². The molecule has 2 nitrogen and oxygen atoms in total. The van der Waals surface area contributed by atoms with E-state index in [0.29, 0.717) is 12.0 Å². The van der Waals surface area contributed by atoms with Gasteiger partial charge in [0, 0.05) is 17.0 Å². The summed E-state index contributed by atoms with van der Waals surface area (Å²) in [6, 6.07) is 6.32. The number of benzene rings is 1. The Kier molecular flexibility index (Phi) is 3.07. The maximum atomic E-state index is 6.00. The molecule has 0 bridgehead atoms. The fraction of sp³-hybridized carbons (Fsp3) is 0.462. The number of nitrogens with two attached hydrogens (primary N) is 1. The highest BCUT2D eigenvalue weighted by atomic mass is 35.5. The monoisotopic (exact) mass is 266 g/mol. The molecule has 4 heteroatoms. The van der Waals surface area contributed by atoms with E-state index < -0.39 is 0 Å². The van der Waals surface area contributed by atoms with Crippen LogP contribution in [-0.4, -0.2) is 11.0 Å². The van der Waals surface area contributed by atoms with E-state index >= 15 is 0 Å². The van der Waals surface area contributed by atoms with Crippen LogP contribution in [0.4, 0.5) is 0 Å². The zero-order valence-electron chi connectivity index (χ0n) is 9.53. The molecule has 0 atom stereocenters. The van der Waals surface area contributed by atoms with E-state index in [9.17, 15) is 0 Å². The number of nitrogens with zero attached hydrogens (tertiary/aromatic N) is 1. The van der Waals surface area contributed by atoms with Gasteiger partial charge in [0.2, 0.25) is 0 Å². The molecule has 2 N–H and O–H groups in total. The number of hydrogen-bond acceptors (Lipinski definition) is 3. The lowest BCUT2D eigenvalue weighted by atomic mass is 9.87. The number of fused-ring (bicyclic) bond motifs is 1. The molecule has 0 aliphatic heterocycles. The van der Waals surface area contributed by atoms with Crippen molar-refractivity contribution in [2.24, 2.45) is 5.73 Å². The molecule has 1 fully saturated rings. The molecule has 1 aromatic heterocycles. The third kappa shape index (κ3) is 2.32. The highest BCUT2D eigenvalue weighted by molar-refractivity contribution is 7.18. The van der Waals surface area contributed by atoms with Crippen LogP contribution in [0, 0.1) is 0 Å². The predicted molar refractivity (Wildman–Crippen MR) is 73.8 cm³/mol. The molecule has 0 unspecified atom stereocenters. The minimum atomic E-state index is 0.398. The van der Waals surface area contributed by atoms with Gasteiger partial charge in [-0.15, -0.1) is 11.3 Å². The third-order valence-corrected chi connectivity index (χ3v) is 4.90. The number of hydrogen-bond donors (Lipinski definition) is 1. The Bertz CT molecular complexity index is 529. The third-order valence-electron chi connectivity index (χ3n) is 3.49. The topological polar surface area (TPSA) is 38.9 Å². The second-order valence-corrected chi connectivity index (χ2v) is 6.27. The van der Waals surface area contributed by atoms with Crippen molar-refractivity contribution in [2.75, 3.05) is 0 Å². The van der Waals surface area contributed by atoms with Crippen LogP contribution in [0.1, 0.15) is 36.6 Å². The molecule has 17 heavy (non-hydrogen) atoms. The molecule has 0 amide bonds. The molecule has 1 heterocycles. The van der Waals surface area contributed by atoms with E-state index in [4.69, 9.17) is 22.3 Å². The quantitative estimate of drug-likeness (QED) is 0.849. The zero-order valence-corrected chi connectivity index (χ0v) is 11.1. The van der Waals surface area contributed by atoms with Crippen molar-refractivity contribution in [1.29, 1.82) is 0 Å². The van der Waals surface area contributed by atoms with Crippen LogP contribution >= 0.6 is 22.9 Å². The van der Waals surface area contributed by atoms with Gasteiger partial charge >= 0.3 is 0 Å². The van der Waals surface area contributed by atoms with Crippen molar-refractivity contribution in [3.8, 4) is 0 Å². The van der Waals surface area contributed by atoms with Gasteiger partial charge in [0.1, 0.15) is 0 Å². The summed E-state index contributed by atoms with van der Waals surface area (Å²) in [6.45, 7) is 0. The number of aromatic nitrogens is 1. The minimum Gasteiger partial charge on any atom is -0.328 e. The Morgan fingerprint density at radius 1 is 1.24 bits per heavy atom. The van der Waals surface area contributed by atoms with E-state index in [2.05, 4.69) is 0 Å². The largest absolute Gasteiger partial charge is 0.328 e. The first kappa shape index (κ1) is 11.5. The minimum absolute atomic E-state index is 0.398. The van der Waals surface area contributed by atoms with Gasteiger partial charge in [-0.25, -0.2) is 4.98 Å². The molecule has 1 aliphatic carbocycles. The van der Waals surface area contributed by atoms with Gasteiger partial charge in [0.15, 0.2) is 0 Å². The van der Waals surface area contributed by atoms with E-state index in [1.807, 2.05) is 18.2 Å². The first-order valence-corrected chi connectivity index (χ1v) is 7.23. The standard InChI is InChI=1S/C13H15ClN2S/c14-9-3-6-11-12(7-9)17-13(16-11)8-1-4-10(15)5-2-8/h3,6-8,10H,1-2,4-5,15H2. The van der Waals surface area contributed by atoms with Crippen molar-refractivity contribution in [3.63, 3.8) is 0 Å². The first-order valence-electron chi connectivity index (χ1n) is 6.04. The Hall–Kier alpha value is -0.640. The van der Waals surface area contributed by atoms with Gasteiger partial charge in [-0.2, -0.15) is 0 Å². The number of halogens is 1. The zero-order chi connectivity index (χ0) is 11.8. The Labute approximate surface area is 110 Å². The van der Waals surface area contributed by atoms with Crippen LogP contribution in [0.5, 0.6) is 0 Å². The Balaban J connectivity index is 1.90. The fourth-order valence-electron chi connectivity index (χ4n) is 2.46. The average molecular weight is 267 g/mol. The van der Waals surface area contributed by atoms with Crippen molar-refractivity contribution in [1.82, 2.24) is 4.98 Å². The average Bonchev–Trinajstić information content (AvgIpc) is 2.72. The van der Waals surface area contributed by atoms with E-state index in [1.54, 1.807) is 11.3 Å². The molecule has 1 saturated carbocycles. The van der Waals surface area contributed by atoms with Gasteiger partial charge in [0.05, 0.1) is 15.2 Å². The van der Waals surface area contributed by atoms with Crippen LogP contribution in [-0.2, 0) is 0 Å². The van der Waals surface area contributed by atoms with E-state index in [1.165, 1.54) is 22.5 Å². The van der Waals surface area contributed by atoms with Crippen LogP contribution in [0.15, 0.2) is 18.2 Å². The molecular weight excluding hydrogens is 252 g/mol. The fourth-order valence-corrected chi connectivity index (χ4v) is 3.87. The van der Waals surface area contributed by atoms with Crippen molar-refractivity contribution >= 4 is 33.2 Å². The van der Waals surface area contributed by atoms with Crippen LogP contribution in [0.25, 0.3) is 10.2 Å². The molecule has 1 aliphatic rings. The summed E-state index contributed by atoms with van der Waals surface area (Å²) >= 11 is 7.78. The first-order chi connectivity index (χ1) is 8.22. The van der Waals surface area contributed by atoms with Crippen LogP contribution in [0.2, 0.25) is 5.02 Å². The van der Waals surface area contributed by atoms with Crippen molar-refractivity contribution in [3.05, 3.63) is 28.2 Å². The van der Waals surface area contributed by atoms with E-state index in [0.717, 1.165) is 23.4 Å². The van der Waals surface area contributed by atoms with Crippen molar-refractivity contribution < 1.29 is 0 Å². The van der Waals surface area contributed by atoms with Crippen LogP contribution in [0.3, 0.4) is 0 Å². The molecule has 0 saturated heterocycles. The smallest absolute Gasteiger partial charge is 0.0969 e. The van der Waals surface area contributed by atoms with Gasteiger partial charge < -0.3 is 5.73 Å². The lowest BCUT2D eigenvalue weighted by Crippen LogP contribution is -2.25. The highest BCUT2D eigenvalue weighted by Gasteiger charge is 2.22. The maximum absolute atomic E-state index is 6.00. The molecule has 3 rings (SSSR count). The van der Waals surface area contributed by atoms with Crippen molar-refractivity contribution in [2.45, 2.75) is 37.6 Å². The summed E-state index contributed by atoms with van der Waals surface area (Å²) < 4.78 is 1.20. The highest BCUT2D eigenvalue weighted by Crippen LogP contribution is 2.37. The summed E-state index contributed by atoms with van der Waals surface area (Å²) in [5.41, 5.74) is 7.01. The van der Waals surface area contributed by atoms with Crippen LogP contribution < -0.4 is 5.73 Å². The lowest BCUT2D eigenvalue weighted by molar-refractivity contribution is 0.395. The normalized spacial score (nSPS) is 25.3. The second-order valence-electron chi connectivity index (χ2n) is 4.78. The van der Waals surface area contributed by atoms with E-state index in [-0.39, 0.29) is 0 Å². The number of rotatable bonds is 1. The molecule has 90 valence electrons. The Morgan fingerprint density at radius 3 is 2.76 bits per heavy atom. The Morgan fingerprint density at radius 2 is 2.00 bits per heavy atom. The molecule has 0 spiro atoms. The molecule has 2 aromatic rings. The summed E-state index contributed by atoms with van der Waals surface area (Å²) in [5, 5.41) is 2.05. The van der Waals surface area contributed by atoms with Gasteiger partial charge in [-0.1, -0.05) is 11.6 Å². The van der Waals surface area contributed by atoms with Gasteiger partial charge in [0.25, 0.3) is 0 Å². The molecular formula is C13H15ClN2S. The molecule has 0 radical (unpaired) electrons. The summed E-state index contributed by atoms with van der Waals surface area (Å²) in [6.07, 6.45) is 4.60. The molecule has 1 aromatic carbocycles. The number of thiazole rings is 1. The summed E-state index contributed by atoms with van der Waals surface area (Å²) in [7, 11) is 0.